The Bertz CT molecular complexity index is 1170. The van der Waals surface area contributed by atoms with Crippen LogP contribution in [-0.2, 0) is 0 Å². The fraction of sp³-hybridized carbons (Fsp3) is 0. The Kier molecular flexibility index (Phi) is 4.95. The molecule has 8 nitrogen and oxygen atoms in total. The molecule has 0 atom stereocenters. The Hall–Kier alpha value is -4.51. The fourth-order valence-electron chi connectivity index (χ4n) is 2.45. The van der Waals surface area contributed by atoms with Crippen molar-refractivity contribution in [3.63, 3.8) is 0 Å². The molecule has 4 rings (SSSR count). The highest BCUT2D eigenvalue weighted by molar-refractivity contribution is 6.04. The highest BCUT2D eigenvalue weighted by Gasteiger charge is 2.10. The van der Waals surface area contributed by atoms with Gasteiger partial charge in [-0.25, -0.2) is 0 Å². The standard InChI is InChI=1S/C21H13N7O/c1-2-14-6-8-15(9-7-14)21(29)24-16-10-11-18(23-13-16)20-27-25-19(26-28-20)17-5-3-4-12-22-17/h1,3-13H,(H,24,29). The number of hydrogen-bond acceptors (Lipinski definition) is 7. The molecule has 1 aromatic carbocycles. The molecule has 29 heavy (non-hydrogen) atoms. The molecule has 3 heterocycles. The van der Waals surface area contributed by atoms with Crippen LogP contribution in [0.5, 0.6) is 0 Å². The summed E-state index contributed by atoms with van der Waals surface area (Å²) in [5.74, 6) is 2.85. The highest BCUT2D eigenvalue weighted by Crippen LogP contribution is 2.16. The SMILES string of the molecule is C#Cc1ccc(C(=O)Nc2ccc(-c3nnc(-c4ccccn4)nn3)nc2)cc1. The van der Waals surface area contributed by atoms with E-state index in [0.717, 1.165) is 0 Å². The minimum absolute atomic E-state index is 0.262. The maximum atomic E-state index is 12.3. The summed E-state index contributed by atoms with van der Waals surface area (Å²) in [6.45, 7) is 0. The van der Waals surface area contributed by atoms with Gasteiger partial charge in [0.15, 0.2) is 0 Å². The van der Waals surface area contributed by atoms with Gasteiger partial charge in [-0.3, -0.25) is 14.8 Å². The topological polar surface area (TPSA) is 106 Å². The summed E-state index contributed by atoms with van der Waals surface area (Å²) in [6.07, 6.45) is 8.47. The van der Waals surface area contributed by atoms with Gasteiger partial charge in [0.25, 0.3) is 5.91 Å². The number of terminal acetylenes is 1. The zero-order chi connectivity index (χ0) is 20.1. The second-order valence-corrected chi connectivity index (χ2v) is 5.87. The van der Waals surface area contributed by atoms with Crippen LogP contribution in [0.4, 0.5) is 5.69 Å². The van der Waals surface area contributed by atoms with Crippen molar-refractivity contribution >= 4 is 11.6 Å². The van der Waals surface area contributed by atoms with Gasteiger partial charge < -0.3 is 5.32 Å². The number of benzene rings is 1. The van der Waals surface area contributed by atoms with E-state index < -0.39 is 0 Å². The predicted molar refractivity (Wildman–Crippen MR) is 106 cm³/mol. The minimum Gasteiger partial charge on any atom is -0.321 e. The molecule has 0 unspecified atom stereocenters. The summed E-state index contributed by atoms with van der Waals surface area (Å²) in [7, 11) is 0. The molecule has 138 valence electrons. The third-order valence-electron chi connectivity index (χ3n) is 3.94. The zero-order valence-electron chi connectivity index (χ0n) is 15.0. The lowest BCUT2D eigenvalue weighted by atomic mass is 10.1. The molecule has 0 aliphatic rings. The molecule has 0 saturated heterocycles. The van der Waals surface area contributed by atoms with E-state index in [2.05, 4.69) is 41.6 Å². The van der Waals surface area contributed by atoms with Crippen molar-refractivity contribution in [1.82, 2.24) is 30.4 Å². The Morgan fingerprint density at radius 3 is 2.07 bits per heavy atom. The zero-order valence-corrected chi connectivity index (χ0v) is 15.0. The highest BCUT2D eigenvalue weighted by atomic mass is 16.1. The van der Waals surface area contributed by atoms with Gasteiger partial charge in [0.05, 0.1) is 11.9 Å². The second-order valence-electron chi connectivity index (χ2n) is 5.87. The van der Waals surface area contributed by atoms with E-state index in [4.69, 9.17) is 6.42 Å². The summed E-state index contributed by atoms with van der Waals surface area (Å²) in [4.78, 5) is 20.7. The van der Waals surface area contributed by atoms with Crippen molar-refractivity contribution in [3.05, 3.63) is 78.1 Å². The van der Waals surface area contributed by atoms with Crippen molar-refractivity contribution in [2.45, 2.75) is 0 Å². The van der Waals surface area contributed by atoms with Crippen molar-refractivity contribution in [2.75, 3.05) is 5.32 Å². The monoisotopic (exact) mass is 379 g/mol. The Morgan fingerprint density at radius 2 is 1.52 bits per heavy atom. The number of carbonyl (C=O) groups is 1. The van der Waals surface area contributed by atoms with Crippen molar-refractivity contribution in [2.24, 2.45) is 0 Å². The van der Waals surface area contributed by atoms with Crippen molar-refractivity contribution in [3.8, 4) is 35.4 Å². The first-order chi connectivity index (χ1) is 14.2. The van der Waals surface area contributed by atoms with Crippen LogP contribution in [0.3, 0.4) is 0 Å². The average Bonchev–Trinajstić information content (AvgIpc) is 2.80. The number of pyridine rings is 2. The van der Waals surface area contributed by atoms with E-state index >= 15 is 0 Å². The molecule has 0 fully saturated rings. The number of nitrogens with zero attached hydrogens (tertiary/aromatic N) is 6. The van der Waals surface area contributed by atoms with Crippen LogP contribution in [0.1, 0.15) is 15.9 Å². The van der Waals surface area contributed by atoms with E-state index in [-0.39, 0.29) is 11.7 Å². The van der Waals surface area contributed by atoms with E-state index in [1.165, 1.54) is 6.20 Å². The molecule has 0 aliphatic heterocycles. The van der Waals surface area contributed by atoms with Crippen molar-refractivity contribution < 1.29 is 4.79 Å². The predicted octanol–water partition coefficient (Wildman–Crippen LogP) is 2.62. The third kappa shape index (κ3) is 4.09. The number of anilines is 1. The summed E-state index contributed by atoms with van der Waals surface area (Å²) < 4.78 is 0. The lowest BCUT2D eigenvalue weighted by molar-refractivity contribution is 0.102. The molecule has 0 aliphatic carbocycles. The lowest BCUT2D eigenvalue weighted by Crippen LogP contribution is -2.12. The number of nitrogens with one attached hydrogen (secondary N) is 1. The summed E-state index contributed by atoms with van der Waals surface area (Å²) in [6, 6.07) is 15.5. The number of carbonyl (C=O) groups excluding carboxylic acids is 1. The van der Waals surface area contributed by atoms with E-state index in [0.29, 0.717) is 34.0 Å². The Morgan fingerprint density at radius 1 is 0.828 bits per heavy atom. The Balaban J connectivity index is 1.46. The number of amides is 1. The van der Waals surface area contributed by atoms with Gasteiger partial charge in [0.2, 0.25) is 11.6 Å². The van der Waals surface area contributed by atoms with Gasteiger partial charge >= 0.3 is 0 Å². The molecule has 0 saturated carbocycles. The van der Waals surface area contributed by atoms with Crippen LogP contribution in [-0.4, -0.2) is 36.3 Å². The van der Waals surface area contributed by atoms with Gasteiger partial charge in [0, 0.05) is 17.3 Å². The van der Waals surface area contributed by atoms with Crippen LogP contribution in [0, 0.1) is 12.3 Å². The van der Waals surface area contributed by atoms with Crippen LogP contribution < -0.4 is 5.32 Å². The molecule has 0 bridgehead atoms. The first-order valence-electron chi connectivity index (χ1n) is 8.56. The number of aromatic nitrogens is 6. The van der Waals surface area contributed by atoms with Crippen LogP contribution in [0.15, 0.2) is 67.0 Å². The van der Waals surface area contributed by atoms with Crippen LogP contribution in [0.25, 0.3) is 23.0 Å². The van der Waals surface area contributed by atoms with Crippen LogP contribution in [0.2, 0.25) is 0 Å². The van der Waals surface area contributed by atoms with E-state index in [1.54, 1.807) is 54.7 Å². The number of hydrogen-bond donors (Lipinski definition) is 1. The molecule has 8 heteroatoms. The second kappa shape index (κ2) is 8.02. The summed E-state index contributed by atoms with van der Waals surface area (Å²) in [5.41, 5.74) is 2.80. The first-order valence-corrected chi connectivity index (χ1v) is 8.56. The normalized spacial score (nSPS) is 10.2. The van der Waals surface area contributed by atoms with Crippen molar-refractivity contribution in [1.29, 1.82) is 0 Å². The van der Waals surface area contributed by atoms with Gasteiger partial charge in [0.1, 0.15) is 11.4 Å². The number of rotatable bonds is 4. The maximum absolute atomic E-state index is 12.3. The molecular formula is C21H13N7O. The summed E-state index contributed by atoms with van der Waals surface area (Å²) in [5, 5.41) is 19.0. The first kappa shape index (κ1) is 17.9. The average molecular weight is 379 g/mol. The van der Waals surface area contributed by atoms with E-state index in [9.17, 15) is 4.79 Å². The minimum atomic E-state index is -0.262. The van der Waals surface area contributed by atoms with Gasteiger partial charge in [-0.15, -0.1) is 26.8 Å². The van der Waals surface area contributed by atoms with Gasteiger partial charge in [-0.2, -0.15) is 0 Å². The van der Waals surface area contributed by atoms with Gasteiger partial charge in [-0.05, 0) is 48.5 Å². The lowest BCUT2D eigenvalue weighted by Gasteiger charge is -2.06. The van der Waals surface area contributed by atoms with Crippen LogP contribution >= 0.6 is 0 Å². The molecule has 0 spiro atoms. The Labute approximate surface area is 166 Å². The molecule has 0 radical (unpaired) electrons. The largest absolute Gasteiger partial charge is 0.321 e. The van der Waals surface area contributed by atoms with E-state index in [1.807, 2.05) is 6.07 Å². The fourth-order valence-corrected chi connectivity index (χ4v) is 2.45. The van der Waals surface area contributed by atoms with Gasteiger partial charge in [-0.1, -0.05) is 12.0 Å². The summed E-state index contributed by atoms with van der Waals surface area (Å²) >= 11 is 0. The molecular weight excluding hydrogens is 366 g/mol. The molecule has 3 aromatic heterocycles. The maximum Gasteiger partial charge on any atom is 0.255 e. The smallest absolute Gasteiger partial charge is 0.255 e. The third-order valence-corrected chi connectivity index (χ3v) is 3.94. The quantitative estimate of drug-likeness (QED) is 0.543. The molecule has 4 aromatic rings. The molecule has 1 amide bonds. The molecule has 1 N–H and O–H groups in total.